The van der Waals surface area contributed by atoms with Gasteiger partial charge >= 0.3 is 0 Å². The van der Waals surface area contributed by atoms with Crippen LogP contribution in [0.15, 0.2) is 94.5 Å². The molecule has 19 heteroatoms. The zero-order chi connectivity index (χ0) is 47.1. The molecule has 16 nitrogen and oxygen atoms in total. The van der Waals surface area contributed by atoms with E-state index >= 15 is 0 Å². The number of sulfonamides is 1. The number of hydrogen-bond acceptors (Lipinski definition) is 12. The lowest BCUT2D eigenvalue weighted by Gasteiger charge is -2.39. The van der Waals surface area contributed by atoms with Gasteiger partial charge in [0.25, 0.3) is 21.6 Å². The number of rotatable bonds is 12. The second kappa shape index (κ2) is 19.0. The number of aromatic amines is 1. The molecule has 2 fully saturated rings. The van der Waals surface area contributed by atoms with Gasteiger partial charge in [0.1, 0.15) is 16.4 Å². The first-order valence-corrected chi connectivity index (χ1v) is 26.9. The maximum absolute atomic E-state index is 14.5. The lowest BCUT2D eigenvalue weighted by Crippen LogP contribution is -2.47. The smallest absolute Gasteiger partial charge is 0.293 e. The fourth-order valence-corrected chi connectivity index (χ4v) is 12.4. The molecule has 5 aromatic rings. The predicted molar refractivity (Wildman–Crippen MR) is 266 cm³/mol. The number of anilines is 4. The number of carbonyl (C=O) groups is 1. The van der Waals surface area contributed by atoms with Crippen LogP contribution in [0.3, 0.4) is 0 Å². The summed E-state index contributed by atoms with van der Waals surface area (Å²) in [7, 11) is -7.82. The molecule has 9 rings (SSSR count). The van der Waals surface area contributed by atoms with Crippen LogP contribution in [0.1, 0.15) is 61.9 Å². The van der Waals surface area contributed by atoms with E-state index in [-0.39, 0.29) is 35.7 Å². The molecule has 356 valence electrons. The number of pyridine rings is 1. The number of hydrogen-bond donors (Lipinski definition) is 5. The van der Waals surface area contributed by atoms with Gasteiger partial charge in [0, 0.05) is 100 Å². The third-order valence-corrected chi connectivity index (χ3v) is 17.2. The highest BCUT2D eigenvalue weighted by Crippen LogP contribution is 2.44. The van der Waals surface area contributed by atoms with Crippen LogP contribution in [-0.4, -0.2) is 110 Å². The van der Waals surface area contributed by atoms with E-state index in [0.717, 1.165) is 73.9 Å². The summed E-state index contributed by atoms with van der Waals surface area (Å²) in [6.45, 7) is 10.8. The van der Waals surface area contributed by atoms with E-state index in [2.05, 4.69) is 55.5 Å². The first-order chi connectivity index (χ1) is 32.0. The third-order valence-electron chi connectivity index (χ3n) is 13.6. The summed E-state index contributed by atoms with van der Waals surface area (Å²) < 4.78 is 53.0. The van der Waals surface area contributed by atoms with Crippen LogP contribution in [0.5, 0.6) is 0 Å². The minimum absolute atomic E-state index is 0.0463. The molecule has 2 saturated heterocycles. The second-order valence-electron chi connectivity index (χ2n) is 18.9. The van der Waals surface area contributed by atoms with Crippen molar-refractivity contribution >= 4 is 82.7 Å². The molecule has 2 aromatic heterocycles. The maximum atomic E-state index is 14.5. The van der Waals surface area contributed by atoms with Crippen molar-refractivity contribution in [3.8, 4) is 0 Å². The Labute approximate surface area is 397 Å². The number of amides is 1. The molecule has 3 aromatic carbocycles. The van der Waals surface area contributed by atoms with Gasteiger partial charge in [-0.25, -0.2) is 18.1 Å². The number of nitro groups is 1. The molecule has 4 aliphatic rings. The van der Waals surface area contributed by atoms with E-state index in [1.54, 1.807) is 18.5 Å². The summed E-state index contributed by atoms with van der Waals surface area (Å²) in [5.41, 5.74) is 6.43. The summed E-state index contributed by atoms with van der Waals surface area (Å²) in [6.07, 6.45) is 8.16. The highest BCUT2D eigenvalue weighted by Gasteiger charge is 2.33. The number of halogens is 1. The predicted octanol–water partition coefficient (Wildman–Crippen LogP) is 7.53. The van der Waals surface area contributed by atoms with E-state index in [9.17, 15) is 27.5 Å². The molecule has 1 aliphatic carbocycles. The van der Waals surface area contributed by atoms with E-state index in [1.165, 1.54) is 28.8 Å². The molecular weight excluding hydrogens is 914 g/mol. The highest BCUT2D eigenvalue weighted by molar-refractivity contribution is 8.00. The molecule has 4 N–H and O–H groups in total. The highest BCUT2D eigenvalue weighted by atomic mass is 35.5. The van der Waals surface area contributed by atoms with Gasteiger partial charge in [-0.05, 0) is 119 Å². The monoisotopic (exact) mass is 971 g/mol. The molecule has 0 radical (unpaired) electrons. The van der Waals surface area contributed by atoms with Crippen LogP contribution < -0.4 is 24.6 Å². The van der Waals surface area contributed by atoms with Crippen molar-refractivity contribution in [1.29, 1.82) is 0 Å². The molecular formula is C48H58ClN9O7S2. The van der Waals surface area contributed by atoms with Crippen LogP contribution in [0.25, 0.3) is 16.6 Å². The number of carbonyl (C=O) groups excluding carboxylic acids is 1. The summed E-state index contributed by atoms with van der Waals surface area (Å²) in [5.74, 6) is -0.667. The summed E-state index contributed by atoms with van der Waals surface area (Å²) in [6, 6.07) is 20.8. The SMILES string of the molecule is CC1(C)CCC(CN2CCN(c3ccc(C(=O)NS(=O)(=O)c4ccc(NCC5CCOCC5)c([N+](=O)[O-])c4)c(N4CCN[SH](C)(=O)c5nc6[nH]ccc6cc54)c3)CC2)=C(c2ccc(Cl)cc2)C1. The Kier molecular flexibility index (Phi) is 13.2. The van der Waals surface area contributed by atoms with Gasteiger partial charge < -0.3 is 24.8 Å². The number of fused-ring (bicyclic) bond motifs is 2. The van der Waals surface area contributed by atoms with Gasteiger partial charge in [-0.1, -0.05) is 43.2 Å². The van der Waals surface area contributed by atoms with Crippen molar-refractivity contribution in [2.75, 3.05) is 86.9 Å². The molecule has 3 aliphatic heterocycles. The van der Waals surface area contributed by atoms with Crippen LogP contribution in [-0.2, 0) is 24.9 Å². The lowest BCUT2D eigenvalue weighted by atomic mass is 9.72. The quantitative estimate of drug-likeness (QED) is 0.0470. The Morgan fingerprint density at radius 2 is 1.76 bits per heavy atom. The first-order valence-electron chi connectivity index (χ1n) is 22.9. The first kappa shape index (κ1) is 46.7. The van der Waals surface area contributed by atoms with Crippen molar-refractivity contribution < 1.29 is 27.1 Å². The van der Waals surface area contributed by atoms with Crippen molar-refractivity contribution in [2.24, 2.45) is 11.3 Å². The molecule has 0 atom stereocenters. The Morgan fingerprint density at radius 3 is 2.51 bits per heavy atom. The minimum atomic E-state index is -4.62. The zero-order valence-corrected chi connectivity index (χ0v) is 40.5. The molecule has 1 amide bonds. The lowest BCUT2D eigenvalue weighted by molar-refractivity contribution is -0.384. The zero-order valence-electron chi connectivity index (χ0n) is 38.0. The van der Waals surface area contributed by atoms with Gasteiger partial charge in [-0.3, -0.25) is 28.7 Å². The van der Waals surface area contributed by atoms with Gasteiger partial charge in [0.15, 0.2) is 0 Å². The van der Waals surface area contributed by atoms with E-state index in [0.29, 0.717) is 54.9 Å². The van der Waals surface area contributed by atoms with Crippen LogP contribution in [0.4, 0.5) is 28.4 Å². The van der Waals surface area contributed by atoms with Crippen molar-refractivity contribution in [3.63, 3.8) is 0 Å². The van der Waals surface area contributed by atoms with Gasteiger partial charge in [0.2, 0.25) is 0 Å². The summed E-state index contributed by atoms with van der Waals surface area (Å²) >= 11 is 6.27. The van der Waals surface area contributed by atoms with Gasteiger partial charge in [-0.2, -0.15) is 0 Å². The number of aromatic nitrogens is 2. The van der Waals surface area contributed by atoms with Gasteiger partial charge in [0.05, 0.1) is 26.8 Å². The number of thiol groups is 1. The Bertz CT molecular complexity index is 2890. The number of nitrogens with zero attached hydrogens (tertiary/aromatic N) is 5. The molecule has 0 bridgehead atoms. The maximum Gasteiger partial charge on any atom is 0.293 e. The number of ether oxygens (including phenoxy) is 1. The fourth-order valence-electron chi connectivity index (χ4n) is 9.74. The Hall–Kier alpha value is -5.37. The molecule has 0 spiro atoms. The average Bonchev–Trinajstić information content (AvgIpc) is 3.73. The second-order valence-corrected chi connectivity index (χ2v) is 23.6. The van der Waals surface area contributed by atoms with Crippen molar-refractivity contribution in [2.45, 2.75) is 55.9 Å². The normalized spacial score (nSPS) is 19.7. The molecule has 0 saturated carbocycles. The van der Waals surface area contributed by atoms with Gasteiger partial charge in [-0.15, -0.1) is 0 Å². The number of allylic oxidation sites excluding steroid dienone is 1. The topological polar surface area (TPSA) is 195 Å². The Morgan fingerprint density at radius 1 is 1.00 bits per heavy atom. The van der Waals surface area contributed by atoms with Crippen molar-refractivity contribution in [1.82, 2.24) is 24.3 Å². The van der Waals surface area contributed by atoms with E-state index in [4.69, 9.17) is 21.3 Å². The number of nitro benzene ring substituents is 1. The third kappa shape index (κ3) is 10.2. The Balaban J connectivity index is 1.01. The summed E-state index contributed by atoms with van der Waals surface area (Å²) in [4.78, 5) is 40.2. The fraction of sp³-hybridized carbons (Fsp3) is 0.417. The average molecular weight is 973 g/mol. The molecule has 5 heterocycles. The number of nitrogens with one attached hydrogen (secondary N) is 4. The number of benzene rings is 3. The minimum Gasteiger partial charge on any atom is -0.381 e. The van der Waals surface area contributed by atoms with Crippen LogP contribution in [0, 0.1) is 21.4 Å². The van der Waals surface area contributed by atoms with Crippen molar-refractivity contribution in [3.05, 3.63) is 111 Å². The van der Waals surface area contributed by atoms with Crippen LogP contribution in [0.2, 0.25) is 5.02 Å². The van der Waals surface area contributed by atoms with E-state index < -0.39 is 41.6 Å². The summed E-state index contributed by atoms with van der Waals surface area (Å²) in [5, 5.41) is 17.2. The largest absolute Gasteiger partial charge is 0.381 e. The molecule has 0 unspecified atom stereocenters. The molecule has 67 heavy (non-hydrogen) atoms. The number of H-pyrrole nitrogens is 1. The van der Waals surface area contributed by atoms with Crippen LogP contribution >= 0.6 is 11.6 Å². The standard InChI is InChI=1S/C48H58ClN9O7S2/c1-48(2)16-12-35(40(29-48)33-4-6-36(49)7-5-33)31-55-20-22-56(23-21-55)37-8-10-39(42(27-37)57-19-18-52-66(3,62)47-44(57)26-34-13-17-50-45(34)53-47)46(59)54-67(63,64)38-9-11-41(43(28-38)58(60)61)51-30-32-14-24-65-25-15-32/h4-11,13,17,26-28,32,51,66H,12,14-16,18-25,29-31H2,1-3H3,(H,50,53)(H,52,62)(H,54,59). The van der Waals surface area contributed by atoms with E-state index in [1.807, 2.05) is 41.3 Å². The number of piperazine rings is 1.